The van der Waals surface area contributed by atoms with Gasteiger partial charge in [-0.25, -0.2) is 0 Å². The van der Waals surface area contributed by atoms with Gasteiger partial charge >= 0.3 is 5.97 Å². The number of methoxy groups -OCH3 is 1. The summed E-state index contributed by atoms with van der Waals surface area (Å²) in [5, 5.41) is 3.06. The van der Waals surface area contributed by atoms with Crippen LogP contribution in [0.4, 0.5) is 0 Å². The summed E-state index contributed by atoms with van der Waals surface area (Å²) in [6.45, 7) is 4.44. The van der Waals surface area contributed by atoms with Crippen LogP contribution in [-0.4, -0.2) is 63.4 Å². The van der Waals surface area contributed by atoms with Crippen LogP contribution in [0.1, 0.15) is 26.2 Å². The van der Waals surface area contributed by atoms with E-state index in [-0.39, 0.29) is 5.97 Å². The molecule has 0 aromatic heterocycles. The molecular weight excluding hydrogens is 232 g/mol. The summed E-state index contributed by atoms with van der Waals surface area (Å²) in [5.74, 6) is -0.203. The van der Waals surface area contributed by atoms with E-state index in [0.29, 0.717) is 6.04 Å². The first-order valence-corrected chi connectivity index (χ1v) is 6.59. The third-order valence-electron chi connectivity index (χ3n) is 3.97. The second kappa shape index (κ2) is 7.07. The molecule has 0 saturated carbocycles. The Hall–Kier alpha value is -0.650. The maximum absolute atomic E-state index is 11.7. The van der Waals surface area contributed by atoms with Gasteiger partial charge in [0, 0.05) is 25.8 Å². The van der Waals surface area contributed by atoms with Crippen molar-refractivity contribution in [2.45, 2.75) is 37.8 Å². The molecule has 0 spiro atoms. The van der Waals surface area contributed by atoms with Gasteiger partial charge in [0.25, 0.3) is 0 Å². The molecule has 0 amide bonds. The lowest BCUT2D eigenvalue weighted by Gasteiger charge is -2.34. The van der Waals surface area contributed by atoms with Gasteiger partial charge in [-0.3, -0.25) is 4.79 Å². The highest BCUT2D eigenvalue weighted by Crippen LogP contribution is 2.17. The lowest BCUT2D eigenvalue weighted by molar-refractivity contribution is -0.148. The van der Waals surface area contributed by atoms with Crippen molar-refractivity contribution in [1.29, 1.82) is 0 Å². The summed E-state index contributed by atoms with van der Waals surface area (Å²) in [4.78, 5) is 14.1. The van der Waals surface area contributed by atoms with Crippen molar-refractivity contribution >= 4 is 5.97 Å². The van der Waals surface area contributed by atoms with Gasteiger partial charge in [-0.2, -0.15) is 0 Å². The van der Waals surface area contributed by atoms with Crippen molar-refractivity contribution in [2.24, 2.45) is 0 Å². The van der Waals surface area contributed by atoms with Crippen molar-refractivity contribution in [1.82, 2.24) is 10.2 Å². The third kappa shape index (κ3) is 3.93. The molecule has 0 bridgehead atoms. The number of carbonyl (C=O) groups is 1. The molecule has 1 aliphatic rings. The minimum atomic E-state index is -0.603. The first-order chi connectivity index (χ1) is 8.53. The Kier molecular flexibility index (Phi) is 6.05. The number of hydrogen-bond acceptors (Lipinski definition) is 5. The number of nitrogens with zero attached hydrogens (tertiary/aromatic N) is 1. The van der Waals surface area contributed by atoms with Gasteiger partial charge in [0.15, 0.2) is 0 Å². The third-order valence-corrected chi connectivity index (χ3v) is 3.97. The van der Waals surface area contributed by atoms with Crippen LogP contribution < -0.4 is 5.32 Å². The zero-order valence-corrected chi connectivity index (χ0v) is 12.0. The Labute approximate surface area is 110 Å². The maximum Gasteiger partial charge on any atom is 0.325 e. The molecule has 1 fully saturated rings. The fraction of sp³-hybridized carbons (Fsp3) is 0.923. The lowest BCUT2D eigenvalue weighted by atomic mass is 9.97. The van der Waals surface area contributed by atoms with Crippen LogP contribution in [0.2, 0.25) is 0 Å². The van der Waals surface area contributed by atoms with Crippen LogP contribution in [-0.2, 0) is 14.3 Å². The van der Waals surface area contributed by atoms with E-state index in [1.807, 2.05) is 6.92 Å². The van der Waals surface area contributed by atoms with Crippen molar-refractivity contribution < 1.29 is 14.3 Å². The fourth-order valence-corrected chi connectivity index (χ4v) is 2.26. The van der Waals surface area contributed by atoms with Gasteiger partial charge in [0.1, 0.15) is 5.54 Å². The van der Waals surface area contributed by atoms with Crippen molar-refractivity contribution in [2.75, 3.05) is 41.0 Å². The first kappa shape index (κ1) is 15.4. The minimum Gasteiger partial charge on any atom is -0.468 e. The Morgan fingerprint density at radius 3 is 2.61 bits per heavy atom. The normalized spacial score (nSPS) is 20.7. The molecule has 0 aromatic carbocycles. The van der Waals surface area contributed by atoms with Gasteiger partial charge in [-0.15, -0.1) is 0 Å². The van der Waals surface area contributed by atoms with Gasteiger partial charge in [0.2, 0.25) is 0 Å². The van der Waals surface area contributed by atoms with Crippen LogP contribution >= 0.6 is 0 Å². The molecule has 1 saturated heterocycles. The molecular formula is C13H26N2O3. The molecule has 5 heteroatoms. The molecule has 106 valence electrons. The highest BCUT2D eigenvalue weighted by molar-refractivity contribution is 5.80. The van der Waals surface area contributed by atoms with Crippen LogP contribution in [0, 0.1) is 0 Å². The smallest absolute Gasteiger partial charge is 0.325 e. The number of esters is 1. The van der Waals surface area contributed by atoms with Crippen LogP contribution in [0.15, 0.2) is 0 Å². The average Bonchev–Trinajstić information content (AvgIpc) is 2.44. The molecule has 1 heterocycles. The molecule has 1 unspecified atom stereocenters. The lowest BCUT2D eigenvalue weighted by Crippen LogP contribution is -2.51. The topological polar surface area (TPSA) is 50.8 Å². The SMILES string of the molecule is CNC(C)(CCN(C)C1CCOCC1)C(=O)OC. The average molecular weight is 258 g/mol. The molecule has 0 aliphatic carbocycles. The largest absolute Gasteiger partial charge is 0.468 e. The molecule has 1 aliphatic heterocycles. The first-order valence-electron chi connectivity index (χ1n) is 6.59. The van der Waals surface area contributed by atoms with Crippen molar-refractivity contribution in [3.05, 3.63) is 0 Å². The molecule has 1 N–H and O–H groups in total. The molecule has 1 rings (SSSR count). The standard InChI is InChI=1S/C13H26N2O3/c1-13(14-2,12(16)17-4)7-8-15(3)11-5-9-18-10-6-11/h11,14H,5-10H2,1-4H3. The number of ether oxygens (including phenoxy) is 2. The van der Waals surface area contributed by atoms with Gasteiger partial charge in [0.05, 0.1) is 7.11 Å². The van der Waals surface area contributed by atoms with E-state index in [1.54, 1.807) is 7.05 Å². The van der Waals surface area contributed by atoms with Gasteiger partial charge in [-0.1, -0.05) is 0 Å². The van der Waals surface area contributed by atoms with E-state index in [0.717, 1.165) is 39.0 Å². The van der Waals surface area contributed by atoms with Crippen molar-refractivity contribution in [3.63, 3.8) is 0 Å². The zero-order valence-electron chi connectivity index (χ0n) is 12.0. The van der Waals surface area contributed by atoms with E-state index < -0.39 is 5.54 Å². The van der Waals surface area contributed by atoms with Crippen molar-refractivity contribution in [3.8, 4) is 0 Å². The van der Waals surface area contributed by atoms with Crippen LogP contribution in [0.3, 0.4) is 0 Å². The second-order valence-corrected chi connectivity index (χ2v) is 5.15. The Morgan fingerprint density at radius 1 is 1.50 bits per heavy atom. The summed E-state index contributed by atoms with van der Waals surface area (Å²) < 4.78 is 10.2. The Morgan fingerprint density at radius 2 is 2.11 bits per heavy atom. The quantitative estimate of drug-likeness (QED) is 0.709. The number of nitrogens with one attached hydrogen (secondary N) is 1. The summed E-state index contributed by atoms with van der Waals surface area (Å²) >= 11 is 0. The van der Waals surface area contributed by atoms with E-state index in [2.05, 4.69) is 17.3 Å². The summed E-state index contributed by atoms with van der Waals surface area (Å²) in [6.07, 6.45) is 2.89. The monoisotopic (exact) mass is 258 g/mol. The Balaban J connectivity index is 2.44. The number of rotatable bonds is 6. The van der Waals surface area contributed by atoms with E-state index in [9.17, 15) is 4.79 Å². The number of likely N-dealkylation sites (N-methyl/N-ethyl adjacent to an activating group) is 1. The predicted octanol–water partition coefficient (Wildman–Crippen LogP) is 0.638. The van der Waals surface area contributed by atoms with E-state index in [1.165, 1.54) is 7.11 Å². The van der Waals surface area contributed by atoms with E-state index >= 15 is 0 Å². The Bertz CT molecular complexity index is 267. The van der Waals surface area contributed by atoms with Crippen LogP contribution in [0.5, 0.6) is 0 Å². The van der Waals surface area contributed by atoms with Gasteiger partial charge < -0.3 is 19.7 Å². The fourth-order valence-electron chi connectivity index (χ4n) is 2.26. The summed E-state index contributed by atoms with van der Waals surface area (Å²) in [7, 11) is 5.34. The van der Waals surface area contributed by atoms with Crippen LogP contribution in [0.25, 0.3) is 0 Å². The summed E-state index contributed by atoms with van der Waals surface area (Å²) in [5.41, 5.74) is -0.603. The molecule has 0 aromatic rings. The van der Waals surface area contributed by atoms with Gasteiger partial charge in [-0.05, 0) is 40.3 Å². The summed E-state index contributed by atoms with van der Waals surface area (Å²) in [6, 6.07) is 0.567. The molecule has 0 radical (unpaired) electrons. The highest BCUT2D eigenvalue weighted by atomic mass is 16.5. The molecule has 5 nitrogen and oxygen atoms in total. The second-order valence-electron chi connectivity index (χ2n) is 5.15. The molecule has 1 atom stereocenters. The maximum atomic E-state index is 11.7. The minimum absolute atomic E-state index is 0.203. The number of hydrogen-bond donors (Lipinski definition) is 1. The van der Waals surface area contributed by atoms with E-state index in [4.69, 9.17) is 9.47 Å². The predicted molar refractivity (Wildman–Crippen MR) is 70.6 cm³/mol. The molecule has 18 heavy (non-hydrogen) atoms. The zero-order chi connectivity index (χ0) is 13.6. The highest BCUT2D eigenvalue weighted by Gasteiger charge is 2.33. The number of carbonyl (C=O) groups excluding carboxylic acids is 1.